The largest absolute Gasteiger partial charge is 0.497 e. The van der Waals surface area contributed by atoms with E-state index in [0.29, 0.717) is 31.1 Å². The van der Waals surface area contributed by atoms with E-state index in [9.17, 15) is 9.59 Å². The van der Waals surface area contributed by atoms with Crippen LogP contribution in [-0.2, 0) is 22.4 Å². The van der Waals surface area contributed by atoms with E-state index in [1.807, 2.05) is 53.4 Å². The maximum atomic E-state index is 12.6. The lowest BCUT2D eigenvalue weighted by Crippen LogP contribution is -2.39. The molecule has 6 heteroatoms. The Kier molecular flexibility index (Phi) is 9.11. The fourth-order valence-electron chi connectivity index (χ4n) is 4.08. The molecular formula is C26H34N2O4. The molecule has 0 aliphatic carbocycles. The van der Waals surface area contributed by atoms with Crippen LogP contribution in [0.1, 0.15) is 40.7 Å². The van der Waals surface area contributed by atoms with Crippen molar-refractivity contribution in [2.45, 2.75) is 32.1 Å². The number of rotatable bonds is 10. The number of carbonyl (C=O) groups is 2. The number of hydrogen-bond acceptors (Lipinski definition) is 4. The first kappa shape index (κ1) is 23.8. The lowest BCUT2D eigenvalue weighted by Gasteiger charge is -2.32. The van der Waals surface area contributed by atoms with Gasteiger partial charge in [-0.05, 0) is 67.0 Å². The molecule has 32 heavy (non-hydrogen) atoms. The first-order valence-corrected chi connectivity index (χ1v) is 11.4. The number of likely N-dealkylation sites (tertiary alicyclic amines) is 1. The van der Waals surface area contributed by atoms with Crippen molar-refractivity contribution in [3.63, 3.8) is 0 Å². The van der Waals surface area contributed by atoms with Gasteiger partial charge in [0, 0.05) is 38.7 Å². The molecule has 0 atom stereocenters. The average Bonchev–Trinajstić information content (AvgIpc) is 2.84. The average molecular weight is 439 g/mol. The Labute approximate surface area is 190 Å². The van der Waals surface area contributed by atoms with E-state index in [0.717, 1.165) is 50.1 Å². The second-order valence-corrected chi connectivity index (χ2v) is 8.32. The molecule has 1 fully saturated rings. The normalized spacial score (nSPS) is 14.2. The molecule has 1 saturated heterocycles. The first-order chi connectivity index (χ1) is 15.6. The summed E-state index contributed by atoms with van der Waals surface area (Å²) in [5.41, 5.74) is 3.06. The first-order valence-electron chi connectivity index (χ1n) is 11.4. The lowest BCUT2D eigenvalue weighted by molar-refractivity contribution is -0.132. The fraction of sp³-hybridized carbons (Fsp3) is 0.462. The molecule has 0 aromatic heterocycles. The summed E-state index contributed by atoms with van der Waals surface area (Å²) in [6, 6.07) is 15.8. The maximum Gasteiger partial charge on any atom is 0.251 e. The van der Waals surface area contributed by atoms with Crippen LogP contribution in [0.2, 0.25) is 0 Å². The molecule has 1 aliphatic rings. The standard InChI is InChI=1S/C26H34N2O4/c1-31-18-15-27-26(30)23-8-3-21(4-9-23)19-22-13-16-28(17-14-22)25(29)12-7-20-5-10-24(32-2)11-6-20/h3-6,8-11,22H,7,12-19H2,1-2H3,(H,27,30). The molecule has 0 unspecified atom stereocenters. The number of benzene rings is 2. The SMILES string of the molecule is COCCNC(=O)c1ccc(CC2CCN(C(=O)CCc3ccc(OC)cc3)CC2)cc1. The van der Waals surface area contributed by atoms with E-state index in [2.05, 4.69) is 5.32 Å². The minimum absolute atomic E-state index is 0.0740. The fourth-order valence-corrected chi connectivity index (χ4v) is 4.08. The van der Waals surface area contributed by atoms with Gasteiger partial charge in [-0.25, -0.2) is 0 Å². The predicted octanol–water partition coefficient (Wildman–Crippen LogP) is 3.49. The highest BCUT2D eigenvalue weighted by Crippen LogP contribution is 2.23. The van der Waals surface area contributed by atoms with Crippen LogP contribution in [-0.4, -0.2) is 57.2 Å². The van der Waals surface area contributed by atoms with Crippen LogP contribution in [0.3, 0.4) is 0 Å². The lowest BCUT2D eigenvalue weighted by atomic mass is 9.89. The summed E-state index contributed by atoms with van der Waals surface area (Å²) < 4.78 is 10.1. The molecule has 1 N–H and O–H groups in total. The van der Waals surface area contributed by atoms with Crippen molar-refractivity contribution >= 4 is 11.8 Å². The Morgan fingerprint density at radius 2 is 1.62 bits per heavy atom. The predicted molar refractivity (Wildman–Crippen MR) is 125 cm³/mol. The summed E-state index contributed by atoms with van der Waals surface area (Å²) in [6.45, 7) is 2.67. The molecule has 1 heterocycles. The van der Waals surface area contributed by atoms with Gasteiger partial charge in [-0.1, -0.05) is 24.3 Å². The van der Waals surface area contributed by atoms with Gasteiger partial charge in [0.25, 0.3) is 5.91 Å². The van der Waals surface area contributed by atoms with Crippen molar-refractivity contribution in [3.05, 3.63) is 65.2 Å². The number of aryl methyl sites for hydroxylation is 1. The van der Waals surface area contributed by atoms with Gasteiger partial charge in [0.15, 0.2) is 0 Å². The number of piperidine rings is 1. The van der Waals surface area contributed by atoms with Crippen molar-refractivity contribution in [2.24, 2.45) is 5.92 Å². The quantitative estimate of drug-likeness (QED) is 0.577. The van der Waals surface area contributed by atoms with Crippen LogP contribution in [0, 0.1) is 5.92 Å². The van der Waals surface area contributed by atoms with E-state index in [-0.39, 0.29) is 11.8 Å². The Morgan fingerprint density at radius 1 is 0.969 bits per heavy atom. The van der Waals surface area contributed by atoms with Crippen LogP contribution in [0.5, 0.6) is 5.75 Å². The summed E-state index contributed by atoms with van der Waals surface area (Å²) in [7, 11) is 3.27. The molecule has 2 aromatic rings. The van der Waals surface area contributed by atoms with Gasteiger partial charge < -0.3 is 19.7 Å². The smallest absolute Gasteiger partial charge is 0.251 e. The van der Waals surface area contributed by atoms with Crippen LogP contribution >= 0.6 is 0 Å². The summed E-state index contributed by atoms with van der Waals surface area (Å²) in [5, 5.41) is 2.83. The highest BCUT2D eigenvalue weighted by Gasteiger charge is 2.22. The molecule has 3 rings (SSSR count). The Morgan fingerprint density at radius 3 is 2.25 bits per heavy atom. The van der Waals surface area contributed by atoms with E-state index >= 15 is 0 Å². The third-order valence-corrected chi connectivity index (χ3v) is 6.09. The van der Waals surface area contributed by atoms with Crippen LogP contribution in [0.25, 0.3) is 0 Å². The minimum atomic E-state index is -0.0740. The Hall–Kier alpha value is -2.86. The van der Waals surface area contributed by atoms with E-state index in [4.69, 9.17) is 9.47 Å². The third-order valence-electron chi connectivity index (χ3n) is 6.09. The van der Waals surface area contributed by atoms with Crippen LogP contribution in [0.15, 0.2) is 48.5 Å². The van der Waals surface area contributed by atoms with Crippen molar-refractivity contribution in [1.29, 1.82) is 0 Å². The number of amides is 2. The molecule has 2 aromatic carbocycles. The number of nitrogens with zero attached hydrogens (tertiary/aromatic N) is 1. The Bertz CT molecular complexity index is 856. The zero-order valence-electron chi connectivity index (χ0n) is 19.1. The Balaban J connectivity index is 1.39. The van der Waals surface area contributed by atoms with Gasteiger partial charge >= 0.3 is 0 Å². The number of hydrogen-bond donors (Lipinski definition) is 1. The molecule has 1 aliphatic heterocycles. The molecule has 172 valence electrons. The maximum absolute atomic E-state index is 12.6. The zero-order valence-corrected chi connectivity index (χ0v) is 19.1. The molecule has 0 saturated carbocycles. The minimum Gasteiger partial charge on any atom is -0.497 e. The molecule has 0 bridgehead atoms. The molecular weight excluding hydrogens is 404 g/mol. The summed E-state index contributed by atoms with van der Waals surface area (Å²) in [4.78, 5) is 26.7. The van der Waals surface area contributed by atoms with E-state index in [1.165, 1.54) is 5.56 Å². The zero-order chi connectivity index (χ0) is 22.8. The molecule has 2 amide bonds. The number of nitrogens with one attached hydrogen (secondary N) is 1. The number of methoxy groups -OCH3 is 2. The highest BCUT2D eigenvalue weighted by molar-refractivity contribution is 5.94. The molecule has 0 spiro atoms. The van der Waals surface area contributed by atoms with Gasteiger partial charge in [-0.2, -0.15) is 0 Å². The second kappa shape index (κ2) is 12.2. The topological polar surface area (TPSA) is 67.9 Å². The van der Waals surface area contributed by atoms with Crippen molar-refractivity contribution in [1.82, 2.24) is 10.2 Å². The van der Waals surface area contributed by atoms with Crippen molar-refractivity contribution in [2.75, 3.05) is 40.5 Å². The summed E-state index contributed by atoms with van der Waals surface area (Å²) in [6.07, 6.45) is 4.33. The van der Waals surface area contributed by atoms with Gasteiger partial charge in [0.2, 0.25) is 5.91 Å². The molecule has 6 nitrogen and oxygen atoms in total. The third kappa shape index (κ3) is 7.09. The van der Waals surface area contributed by atoms with E-state index < -0.39 is 0 Å². The second-order valence-electron chi connectivity index (χ2n) is 8.32. The number of ether oxygens (including phenoxy) is 2. The molecule has 0 radical (unpaired) electrons. The van der Waals surface area contributed by atoms with Crippen molar-refractivity contribution in [3.8, 4) is 5.75 Å². The van der Waals surface area contributed by atoms with E-state index in [1.54, 1.807) is 14.2 Å². The van der Waals surface area contributed by atoms with Gasteiger partial charge in [-0.15, -0.1) is 0 Å². The summed E-state index contributed by atoms with van der Waals surface area (Å²) in [5.74, 6) is 1.57. The van der Waals surface area contributed by atoms with Crippen molar-refractivity contribution < 1.29 is 19.1 Å². The van der Waals surface area contributed by atoms with Crippen LogP contribution in [0.4, 0.5) is 0 Å². The van der Waals surface area contributed by atoms with Gasteiger partial charge in [0.05, 0.1) is 13.7 Å². The number of carbonyl (C=O) groups excluding carboxylic acids is 2. The summed E-state index contributed by atoms with van der Waals surface area (Å²) >= 11 is 0. The highest BCUT2D eigenvalue weighted by atomic mass is 16.5. The van der Waals surface area contributed by atoms with Crippen LogP contribution < -0.4 is 10.1 Å². The van der Waals surface area contributed by atoms with Gasteiger partial charge in [0.1, 0.15) is 5.75 Å². The van der Waals surface area contributed by atoms with Gasteiger partial charge in [-0.3, -0.25) is 9.59 Å². The monoisotopic (exact) mass is 438 g/mol.